The van der Waals surface area contributed by atoms with E-state index in [4.69, 9.17) is 0 Å². The summed E-state index contributed by atoms with van der Waals surface area (Å²) in [5.74, 6) is -0.366. The van der Waals surface area contributed by atoms with Crippen molar-refractivity contribution >= 4 is 15.6 Å². The SMILES string of the molecule is CC(C)CS(=O)(=O)CC(=O)C(C)(C)C. The third-order valence-corrected chi connectivity index (χ3v) is 3.65. The Labute approximate surface area is 86.8 Å². The first kappa shape index (κ1) is 13.6. The van der Waals surface area contributed by atoms with Gasteiger partial charge in [0.2, 0.25) is 0 Å². The molecule has 0 aromatic heterocycles. The van der Waals surface area contributed by atoms with Crippen molar-refractivity contribution in [1.29, 1.82) is 0 Å². The molecule has 0 aliphatic carbocycles. The molecule has 3 nitrogen and oxygen atoms in total. The van der Waals surface area contributed by atoms with E-state index in [1.54, 1.807) is 20.8 Å². The minimum atomic E-state index is -3.21. The summed E-state index contributed by atoms with van der Waals surface area (Å²) in [4.78, 5) is 11.5. The number of sulfone groups is 1. The monoisotopic (exact) mass is 220 g/mol. The number of hydrogen-bond acceptors (Lipinski definition) is 3. The summed E-state index contributed by atoms with van der Waals surface area (Å²) in [6.45, 7) is 8.87. The molecular formula is C10H20O3S. The van der Waals surface area contributed by atoms with E-state index in [1.807, 2.05) is 13.8 Å². The van der Waals surface area contributed by atoms with Crippen molar-refractivity contribution in [2.75, 3.05) is 11.5 Å². The van der Waals surface area contributed by atoms with Crippen molar-refractivity contribution in [2.45, 2.75) is 34.6 Å². The van der Waals surface area contributed by atoms with Crippen LogP contribution in [0.15, 0.2) is 0 Å². The molecule has 0 N–H and O–H groups in total. The Morgan fingerprint density at radius 1 is 1.21 bits per heavy atom. The smallest absolute Gasteiger partial charge is 0.157 e. The third kappa shape index (κ3) is 5.37. The molecule has 0 atom stereocenters. The Kier molecular flexibility index (Phi) is 4.31. The van der Waals surface area contributed by atoms with E-state index < -0.39 is 15.3 Å². The second-order valence-corrected chi connectivity index (χ2v) is 7.23. The van der Waals surface area contributed by atoms with Crippen LogP contribution >= 0.6 is 0 Å². The highest BCUT2D eigenvalue weighted by Crippen LogP contribution is 2.16. The summed E-state index contributed by atoms with van der Waals surface area (Å²) < 4.78 is 23.0. The summed E-state index contributed by atoms with van der Waals surface area (Å²) in [7, 11) is -3.21. The van der Waals surface area contributed by atoms with Crippen molar-refractivity contribution in [3.63, 3.8) is 0 Å². The van der Waals surface area contributed by atoms with Crippen molar-refractivity contribution in [3.8, 4) is 0 Å². The average Bonchev–Trinajstić information content (AvgIpc) is 1.79. The van der Waals surface area contributed by atoms with Gasteiger partial charge in [0.15, 0.2) is 15.6 Å². The maximum Gasteiger partial charge on any atom is 0.157 e. The zero-order chi connectivity index (χ0) is 11.6. The molecule has 0 aromatic rings. The predicted octanol–water partition coefficient (Wildman–Crippen LogP) is 1.67. The molecule has 0 bridgehead atoms. The lowest BCUT2D eigenvalue weighted by Crippen LogP contribution is -2.30. The van der Waals surface area contributed by atoms with Gasteiger partial charge in [-0.05, 0) is 5.92 Å². The molecule has 0 rings (SSSR count). The van der Waals surface area contributed by atoms with Gasteiger partial charge in [0.1, 0.15) is 5.75 Å². The van der Waals surface area contributed by atoms with Gasteiger partial charge >= 0.3 is 0 Å². The lowest BCUT2D eigenvalue weighted by molar-refractivity contribution is -0.123. The van der Waals surface area contributed by atoms with Crippen molar-refractivity contribution in [1.82, 2.24) is 0 Å². The summed E-state index contributed by atoms with van der Waals surface area (Å²) in [6, 6.07) is 0. The number of rotatable bonds is 4. The van der Waals surface area contributed by atoms with E-state index >= 15 is 0 Å². The molecule has 84 valence electrons. The third-order valence-electron chi connectivity index (χ3n) is 1.77. The van der Waals surface area contributed by atoms with Crippen LogP contribution < -0.4 is 0 Å². The highest BCUT2D eigenvalue weighted by molar-refractivity contribution is 7.92. The molecule has 0 heterocycles. The Balaban J connectivity index is 4.47. The van der Waals surface area contributed by atoms with Gasteiger partial charge in [0.05, 0.1) is 5.75 Å². The topological polar surface area (TPSA) is 51.2 Å². The number of carbonyl (C=O) groups is 1. The van der Waals surface area contributed by atoms with Gasteiger partial charge in [0.25, 0.3) is 0 Å². The molecule has 4 heteroatoms. The van der Waals surface area contributed by atoms with Crippen LogP contribution in [0.25, 0.3) is 0 Å². The zero-order valence-corrected chi connectivity index (χ0v) is 10.4. The van der Waals surface area contributed by atoms with Gasteiger partial charge in [-0.15, -0.1) is 0 Å². The molecule has 0 aromatic carbocycles. The van der Waals surface area contributed by atoms with Gasteiger partial charge in [0, 0.05) is 5.41 Å². The predicted molar refractivity (Wildman–Crippen MR) is 58.0 cm³/mol. The van der Waals surface area contributed by atoms with Gasteiger partial charge in [-0.2, -0.15) is 0 Å². The van der Waals surface area contributed by atoms with Gasteiger partial charge in [-0.25, -0.2) is 8.42 Å². The van der Waals surface area contributed by atoms with Gasteiger partial charge < -0.3 is 0 Å². The summed E-state index contributed by atoms with van der Waals surface area (Å²) in [5, 5.41) is 0. The fraction of sp³-hybridized carbons (Fsp3) is 0.900. The Bertz CT molecular complexity index is 294. The van der Waals surface area contributed by atoms with Crippen LogP contribution in [0.4, 0.5) is 0 Å². The standard InChI is InChI=1S/C10H20O3S/c1-8(2)6-14(12,13)7-9(11)10(3,4)5/h8H,6-7H2,1-5H3. The molecule has 0 aliphatic rings. The molecule has 14 heavy (non-hydrogen) atoms. The highest BCUT2D eigenvalue weighted by atomic mass is 32.2. The minimum Gasteiger partial charge on any atom is -0.298 e. The van der Waals surface area contributed by atoms with Crippen LogP contribution in [0.2, 0.25) is 0 Å². The van der Waals surface area contributed by atoms with E-state index in [-0.39, 0.29) is 23.2 Å². The quantitative estimate of drug-likeness (QED) is 0.724. The first-order chi connectivity index (χ1) is 6.04. The van der Waals surface area contributed by atoms with Gasteiger partial charge in [-0.1, -0.05) is 34.6 Å². The summed E-state index contributed by atoms with van der Waals surface area (Å²) in [5.41, 5.74) is -0.565. The Morgan fingerprint density at radius 3 is 1.93 bits per heavy atom. The lowest BCUT2D eigenvalue weighted by Gasteiger charge is -2.16. The first-order valence-electron chi connectivity index (χ1n) is 4.78. The molecule has 0 amide bonds. The molecular weight excluding hydrogens is 200 g/mol. The maximum absolute atomic E-state index is 11.5. The lowest BCUT2D eigenvalue weighted by atomic mass is 9.92. The second kappa shape index (κ2) is 4.43. The van der Waals surface area contributed by atoms with E-state index in [0.29, 0.717) is 0 Å². The fourth-order valence-electron chi connectivity index (χ4n) is 0.983. The highest BCUT2D eigenvalue weighted by Gasteiger charge is 2.27. The fourth-order valence-corrected chi connectivity index (χ4v) is 2.95. The largest absolute Gasteiger partial charge is 0.298 e. The normalized spacial score (nSPS) is 13.3. The molecule has 0 saturated heterocycles. The maximum atomic E-state index is 11.5. The van der Waals surface area contributed by atoms with E-state index in [9.17, 15) is 13.2 Å². The summed E-state index contributed by atoms with van der Waals surface area (Å²) in [6.07, 6.45) is 0. The summed E-state index contributed by atoms with van der Waals surface area (Å²) >= 11 is 0. The van der Waals surface area contributed by atoms with Crippen LogP contribution in [0.5, 0.6) is 0 Å². The van der Waals surface area contributed by atoms with E-state index in [1.165, 1.54) is 0 Å². The van der Waals surface area contributed by atoms with E-state index in [2.05, 4.69) is 0 Å². The molecule has 0 aliphatic heterocycles. The number of ketones is 1. The van der Waals surface area contributed by atoms with Gasteiger partial charge in [-0.3, -0.25) is 4.79 Å². The van der Waals surface area contributed by atoms with Crippen LogP contribution in [0.1, 0.15) is 34.6 Å². The number of Topliss-reactive ketones (excluding diaryl/α,β-unsaturated/α-hetero) is 1. The van der Waals surface area contributed by atoms with Crippen molar-refractivity contribution in [3.05, 3.63) is 0 Å². The van der Waals surface area contributed by atoms with Crippen molar-refractivity contribution in [2.24, 2.45) is 11.3 Å². The van der Waals surface area contributed by atoms with Crippen LogP contribution in [0.3, 0.4) is 0 Å². The Morgan fingerprint density at radius 2 is 1.64 bits per heavy atom. The Hall–Kier alpha value is -0.380. The number of hydrogen-bond donors (Lipinski definition) is 0. The molecule has 0 unspecified atom stereocenters. The van der Waals surface area contributed by atoms with Crippen LogP contribution in [-0.2, 0) is 14.6 Å². The molecule has 0 fully saturated rings. The molecule has 0 radical (unpaired) electrons. The van der Waals surface area contributed by atoms with Crippen LogP contribution in [0, 0.1) is 11.3 Å². The second-order valence-electron chi connectivity index (χ2n) is 5.12. The average molecular weight is 220 g/mol. The number of carbonyl (C=O) groups excluding carboxylic acids is 1. The molecule has 0 saturated carbocycles. The molecule has 0 spiro atoms. The van der Waals surface area contributed by atoms with Crippen molar-refractivity contribution < 1.29 is 13.2 Å². The van der Waals surface area contributed by atoms with E-state index in [0.717, 1.165) is 0 Å². The minimum absolute atomic E-state index is 0.0766. The first-order valence-corrected chi connectivity index (χ1v) is 6.60. The zero-order valence-electron chi connectivity index (χ0n) is 9.62. The van der Waals surface area contributed by atoms with Crippen LogP contribution in [-0.4, -0.2) is 25.7 Å².